The summed E-state index contributed by atoms with van der Waals surface area (Å²) < 4.78 is 11.1. The Bertz CT molecular complexity index is 3910. The number of nitrogens with zero attached hydrogens (tertiary/aromatic N) is 2. The minimum atomic E-state index is 0.00340. The summed E-state index contributed by atoms with van der Waals surface area (Å²) in [6.07, 6.45) is 0. The van der Waals surface area contributed by atoms with Crippen LogP contribution in [-0.4, -0.2) is 8.97 Å². The molecule has 0 aliphatic carbocycles. The van der Waals surface area contributed by atoms with Crippen molar-refractivity contribution in [3.05, 3.63) is 204 Å². The molecule has 0 saturated heterocycles. The zero-order valence-corrected chi connectivity index (χ0v) is 31.7. The van der Waals surface area contributed by atoms with Gasteiger partial charge in [0, 0.05) is 43.1 Å². The molecule has 4 aromatic heterocycles. The third-order valence-electron chi connectivity index (χ3n) is 12.4. The molecule has 274 valence electrons. The van der Waals surface area contributed by atoms with Crippen LogP contribution >= 0.6 is 0 Å². The minimum absolute atomic E-state index is 0.00340. The van der Waals surface area contributed by atoms with Crippen molar-refractivity contribution < 1.29 is 4.42 Å². The van der Waals surface area contributed by atoms with Crippen LogP contribution in [0.5, 0.6) is 0 Å². The smallest absolute Gasteiger partial charge is 0.263 e. The maximum atomic E-state index is 14.4. The van der Waals surface area contributed by atoms with E-state index in [1.807, 2.05) is 34.7 Å². The van der Waals surface area contributed by atoms with Crippen LogP contribution in [0.15, 0.2) is 203 Å². The van der Waals surface area contributed by atoms with Crippen LogP contribution in [-0.2, 0) is 0 Å². The van der Waals surface area contributed by atoms with Crippen LogP contribution in [0.1, 0.15) is 0 Å². The molecule has 59 heavy (non-hydrogen) atoms. The van der Waals surface area contributed by atoms with Crippen LogP contribution in [0.2, 0.25) is 0 Å². The number of fused-ring (bicyclic) bond motifs is 11. The summed E-state index contributed by atoms with van der Waals surface area (Å²) in [5.41, 5.74) is 13.5. The molecule has 0 fully saturated rings. The Labute approximate surface area is 337 Å². The molecule has 13 aromatic rings. The van der Waals surface area contributed by atoms with Crippen molar-refractivity contribution in [3.8, 4) is 39.1 Å². The van der Waals surface area contributed by atoms with Crippen molar-refractivity contribution >= 4 is 81.7 Å². The van der Waals surface area contributed by atoms with E-state index in [-0.39, 0.29) is 5.56 Å². The van der Waals surface area contributed by atoms with Crippen molar-refractivity contribution in [2.45, 2.75) is 0 Å². The summed E-state index contributed by atoms with van der Waals surface area (Å²) in [6, 6.07) is 68.5. The summed E-state index contributed by atoms with van der Waals surface area (Å²) in [4.78, 5) is 14.4. The van der Waals surface area contributed by atoms with Gasteiger partial charge in [-0.2, -0.15) is 0 Å². The molecule has 9 aromatic carbocycles. The lowest BCUT2D eigenvalue weighted by Crippen LogP contribution is -2.12. The molecule has 0 bridgehead atoms. The first-order valence-corrected chi connectivity index (χ1v) is 20.0. The van der Waals surface area contributed by atoms with Crippen molar-refractivity contribution in [1.29, 1.82) is 0 Å². The molecule has 0 atom stereocenters. The largest absolute Gasteiger partial charge is 0.454 e. The van der Waals surface area contributed by atoms with Gasteiger partial charge < -0.3 is 8.98 Å². The normalized spacial score (nSPS) is 12.1. The number of hydrogen-bond acceptors (Lipinski definition) is 2. The van der Waals surface area contributed by atoms with E-state index >= 15 is 0 Å². The molecule has 4 heteroatoms. The molecule has 0 aliphatic rings. The van der Waals surface area contributed by atoms with Gasteiger partial charge in [-0.3, -0.25) is 9.20 Å². The second-order valence-corrected chi connectivity index (χ2v) is 15.6. The predicted octanol–water partition coefficient (Wildman–Crippen LogP) is 14.2. The first-order valence-electron chi connectivity index (χ1n) is 20.0. The van der Waals surface area contributed by atoms with Gasteiger partial charge in [-0.05, 0) is 105 Å². The summed E-state index contributed by atoms with van der Waals surface area (Å²) >= 11 is 0. The fourth-order valence-corrected chi connectivity index (χ4v) is 9.75. The highest BCUT2D eigenvalue weighted by Crippen LogP contribution is 2.44. The number of pyridine rings is 1. The van der Waals surface area contributed by atoms with E-state index in [4.69, 9.17) is 4.42 Å². The van der Waals surface area contributed by atoms with E-state index in [2.05, 4.69) is 168 Å². The van der Waals surface area contributed by atoms with E-state index in [1.54, 1.807) is 0 Å². The van der Waals surface area contributed by atoms with Crippen molar-refractivity contribution in [3.63, 3.8) is 0 Å². The third kappa shape index (κ3) is 4.57. The number of para-hydroxylation sites is 2. The standard InChI is InChI=1S/C55H32N2O2/c58-55-42-20-8-7-17-39(42)45-29-37(30-46-44-28-36(34-15-5-2-6-16-34)24-26-50(44)57(55)53(45)46)38-31-47-41-19-10-12-22-52(41)59-54(47)51(32-38)56-48-21-11-9-18-40(48)43-27-35(23-25-49(43)56)33-13-3-1-4-14-33/h1-32H. The lowest BCUT2D eigenvalue weighted by molar-refractivity contribution is 0.666. The molecule has 4 heterocycles. The molecular weight excluding hydrogens is 721 g/mol. The fraction of sp³-hybridized carbons (Fsp3) is 0. The molecular formula is C55H32N2O2. The Morgan fingerprint density at radius 2 is 0.847 bits per heavy atom. The van der Waals surface area contributed by atoms with Gasteiger partial charge in [-0.25, -0.2) is 0 Å². The van der Waals surface area contributed by atoms with Crippen LogP contribution in [0.3, 0.4) is 0 Å². The maximum Gasteiger partial charge on any atom is 0.263 e. The Morgan fingerprint density at radius 3 is 1.58 bits per heavy atom. The summed E-state index contributed by atoms with van der Waals surface area (Å²) in [5.74, 6) is 0. The van der Waals surface area contributed by atoms with Gasteiger partial charge in [0.25, 0.3) is 5.56 Å². The topological polar surface area (TPSA) is 39.5 Å². The Hall–Kier alpha value is -7.95. The maximum absolute atomic E-state index is 14.4. The number of furan rings is 1. The summed E-state index contributed by atoms with van der Waals surface area (Å²) in [6.45, 7) is 0. The van der Waals surface area contributed by atoms with Gasteiger partial charge in [0.1, 0.15) is 5.58 Å². The second kappa shape index (κ2) is 12.0. The van der Waals surface area contributed by atoms with E-state index in [1.165, 1.54) is 21.9 Å². The van der Waals surface area contributed by atoms with Crippen molar-refractivity contribution in [2.24, 2.45) is 0 Å². The molecule has 0 aliphatic heterocycles. The van der Waals surface area contributed by atoms with Gasteiger partial charge in [0.05, 0.1) is 27.8 Å². The highest BCUT2D eigenvalue weighted by atomic mass is 16.3. The second-order valence-electron chi connectivity index (χ2n) is 15.6. The molecule has 4 nitrogen and oxygen atoms in total. The first kappa shape index (κ1) is 32.2. The number of hydrogen-bond donors (Lipinski definition) is 0. The Morgan fingerprint density at radius 1 is 0.339 bits per heavy atom. The zero-order chi connectivity index (χ0) is 38.8. The van der Waals surface area contributed by atoms with Crippen molar-refractivity contribution in [1.82, 2.24) is 8.97 Å². The van der Waals surface area contributed by atoms with Gasteiger partial charge in [0.15, 0.2) is 5.58 Å². The average Bonchev–Trinajstić information content (AvgIpc) is 3.96. The van der Waals surface area contributed by atoms with Gasteiger partial charge >= 0.3 is 0 Å². The summed E-state index contributed by atoms with van der Waals surface area (Å²) in [7, 11) is 0. The Kier molecular flexibility index (Phi) is 6.56. The SMILES string of the molecule is O=c1c2ccccc2c2cc(-c3cc(-n4c5ccccc5c5cc(-c6ccccc6)ccc54)c4oc5ccccc5c4c3)cc3c4cc(-c5ccccc5)ccc4n1c23. The molecule has 0 radical (unpaired) electrons. The number of rotatable bonds is 4. The quantitative estimate of drug-likeness (QED) is 0.168. The lowest BCUT2D eigenvalue weighted by atomic mass is 9.95. The fourth-order valence-electron chi connectivity index (χ4n) is 9.75. The average molecular weight is 753 g/mol. The highest BCUT2D eigenvalue weighted by Gasteiger charge is 2.23. The minimum Gasteiger partial charge on any atom is -0.454 e. The van der Waals surface area contributed by atoms with Gasteiger partial charge in [-0.1, -0.05) is 127 Å². The number of benzene rings is 9. The monoisotopic (exact) mass is 752 g/mol. The lowest BCUT2D eigenvalue weighted by Gasteiger charge is -2.13. The predicted molar refractivity (Wildman–Crippen MR) is 245 cm³/mol. The molecule has 0 unspecified atom stereocenters. The van der Waals surface area contributed by atoms with Crippen molar-refractivity contribution in [2.75, 3.05) is 0 Å². The number of aromatic nitrogens is 2. The van der Waals surface area contributed by atoms with Crippen LogP contribution < -0.4 is 5.56 Å². The first-order chi connectivity index (χ1) is 29.2. The van der Waals surface area contributed by atoms with Gasteiger partial charge in [0.2, 0.25) is 0 Å². The highest BCUT2D eigenvalue weighted by molar-refractivity contribution is 6.22. The zero-order valence-electron chi connectivity index (χ0n) is 31.7. The van der Waals surface area contributed by atoms with E-state index in [0.717, 1.165) is 93.5 Å². The van der Waals surface area contributed by atoms with Crippen LogP contribution in [0.4, 0.5) is 0 Å². The molecule has 0 N–H and O–H groups in total. The van der Waals surface area contributed by atoms with E-state index in [0.29, 0.717) is 5.39 Å². The van der Waals surface area contributed by atoms with E-state index in [9.17, 15) is 4.79 Å². The summed E-state index contributed by atoms with van der Waals surface area (Å²) in [5, 5.41) is 9.31. The molecule has 0 spiro atoms. The molecule has 0 saturated carbocycles. The third-order valence-corrected chi connectivity index (χ3v) is 12.4. The molecule has 0 amide bonds. The van der Waals surface area contributed by atoms with Gasteiger partial charge in [-0.15, -0.1) is 0 Å². The van der Waals surface area contributed by atoms with Crippen LogP contribution in [0.25, 0.3) is 121 Å². The van der Waals surface area contributed by atoms with E-state index < -0.39 is 0 Å². The Balaban J connectivity index is 1.15. The van der Waals surface area contributed by atoms with Crippen LogP contribution in [0, 0.1) is 0 Å². The molecule has 13 rings (SSSR count).